The third-order valence-electron chi connectivity index (χ3n) is 4.40. The molecule has 1 N–H and O–H groups in total. The number of hydrogen-bond donors (Lipinski definition) is 1. The van der Waals surface area contributed by atoms with Gasteiger partial charge in [0.15, 0.2) is 0 Å². The van der Waals surface area contributed by atoms with Crippen molar-refractivity contribution in [3.05, 3.63) is 29.8 Å². The fourth-order valence-electron chi connectivity index (χ4n) is 3.35. The first-order chi connectivity index (χ1) is 9.77. The molecule has 0 amide bonds. The average molecular weight is 291 g/mol. The van der Waals surface area contributed by atoms with E-state index in [9.17, 15) is 0 Å². The Kier molecular flexibility index (Phi) is 4.64. The highest BCUT2D eigenvalue weighted by molar-refractivity contribution is 5.29. The predicted molar refractivity (Wildman–Crippen MR) is 86.8 cm³/mol. The molecule has 0 saturated carbocycles. The summed E-state index contributed by atoms with van der Waals surface area (Å²) in [5.74, 6) is 0.902. The molecular formula is C18H29NO2. The quantitative estimate of drug-likeness (QED) is 0.886. The van der Waals surface area contributed by atoms with Crippen LogP contribution in [0.15, 0.2) is 24.3 Å². The van der Waals surface area contributed by atoms with E-state index in [1.54, 1.807) is 7.11 Å². The molecule has 0 radical (unpaired) electrons. The Bertz CT molecular complexity index is 465. The molecule has 118 valence electrons. The van der Waals surface area contributed by atoms with Crippen molar-refractivity contribution in [1.82, 2.24) is 5.32 Å². The Balaban J connectivity index is 2.11. The lowest BCUT2D eigenvalue weighted by Gasteiger charge is -2.31. The number of rotatable bonds is 5. The van der Waals surface area contributed by atoms with E-state index in [2.05, 4.69) is 52.1 Å². The van der Waals surface area contributed by atoms with Gasteiger partial charge in [0, 0.05) is 12.1 Å². The summed E-state index contributed by atoms with van der Waals surface area (Å²) in [6.07, 6.45) is 2.09. The smallest absolute Gasteiger partial charge is 0.118 e. The van der Waals surface area contributed by atoms with Crippen molar-refractivity contribution in [3.63, 3.8) is 0 Å². The minimum absolute atomic E-state index is 0.0562. The Morgan fingerprint density at radius 1 is 1.24 bits per heavy atom. The van der Waals surface area contributed by atoms with Crippen LogP contribution in [-0.4, -0.2) is 24.4 Å². The largest absolute Gasteiger partial charge is 0.497 e. The molecule has 3 heteroatoms. The molecule has 1 aromatic rings. The summed E-state index contributed by atoms with van der Waals surface area (Å²) in [4.78, 5) is 0. The molecule has 0 spiro atoms. The second-order valence-electron chi connectivity index (χ2n) is 7.12. The lowest BCUT2D eigenvalue weighted by Crippen LogP contribution is -2.44. The summed E-state index contributed by atoms with van der Waals surface area (Å²) < 4.78 is 11.4. The molecule has 1 aliphatic heterocycles. The number of benzene rings is 1. The Morgan fingerprint density at radius 3 is 2.29 bits per heavy atom. The third kappa shape index (κ3) is 3.78. The van der Waals surface area contributed by atoms with Crippen LogP contribution in [0, 0.1) is 0 Å². The van der Waals surface area contributed by atoms with Crippen LogP contribution in [0.5, 0.6) is 5.75 Å². The minimum Gasteiger partial charge on any atom is -0.497 e. The van der Waals surface area contributed by atoms with E-state index in [0.29, 0.717) is 12.1 Å². The van der Waals surface area contributed by atoms with Crippen LogP contribution in [0.25, 0.3) is 0 Å². The van der Waals surface area contributed by atoms with Crippen molar-refractivity contribution in [1.29, 1.82) is 0 Å². The third-order valence-corrected chi connectivity index (χ3v) is 4.40. The van der Waals surface area contributed by atoms with Crippen molar-refractivity contribution >= 4 is 0 Å². The maximum absolute atomic E-state index is 6.18. The SMILES string of the molecule is CCC(NC1CC(C)(C)OC1(C)C)c1ccc(OC)cc1. The molecular weight excluding hydrogens is 262 g/mol. The van der Waals surface area contributed by atoms with Crippen molar-refractivity contribution in [3.8, 4) is 5.75 Å². The molecule has 3 nitrogen and oxygen atoms in total. The standard InChI is InChI=1S/C18H29NO2/c1-7-15(13-8-10-14(20-6)11-9-13)19-16-12-17(2,3)21-18(16,4)5/h8-11,15-16,19H,7,12H2,1-6H3. The van der Waals surface area contributed by atoms with Gasteiger partial charge in [-0.2, -0.15) is 0 Å². The van der Waals surface area contributed by atoms with E-state index in [4.69, 9.17) is 9.47 Å². The van der Waals surface area contributed by atoms with Crippen LogP contribution >= 0.6 is 0 Å². The second kappa shape index (κ2) is 5.98. The topological polar surface area (TPSA) is 30.5 Å². The van der Waals surface area contributed by atoms with Crippen LogP contribution in [-0.2, 0) is 4.74 Å². The van der Waals surface area contributed by atoms with Crippen LogP contribution in [0.4, 0.5) is 0 Å². The predicted octanol–water partition coefficient (Wildman–Crippen LogP) is 4.08. The summed E-state index contributed by atoms with van der Waals surface area (Å²) in [6.45, 7) is 10.9. The molecule has 1 aromatic carbocycles. The lowest BCUT2D eigenvalue weighted by molar-refractivity contribution is -0.0705. The van der Waals surface area contributed by atoms with Crippen LogP contribution in [0.2, 0.25) is 0 Å². The number of ether oxygens (including phenoxy) is 2. The van der Waals surface area contributed by atoms with Crippen molar-refractivity contribution in [2.75, 3.05) is 7.11 Å². The van der Waals surface area contributed by atoms with E-state index in [1.807, 2.05) is 12.1 Å². The first-order valence-corrected chi connectivity index (χ1v) is 7.87. The zero-order chi connectivity index (χ0) is 15.7. The van der Waals surface area contributed by atoms with Crippen molar-refractivity contribution < 1.29 is 9.47 Å². The molecule has 0 aromatic heterocycles. The van der Waals surface area contributed by atoms with Gasteiger partial charge < -0.3 is 14.8 Å². The minimum atomic E-state index is -0.136. The van der Waals surface area contributed by atoms with Gasteiger partial charge in [0.25, 0.3) is 0 Å². The summed E-state index contributed by atoms with van der Waals surface area (Å²) in [7, 11) is 1.70. The van der Waals surface area contributed by atoms with Crippen LogP contribution in [0.3, 0.4) is 0 Å². The van der Waals surface area contributed by atoms with E-state index in [0.717, 1.165) is 18.6 Å². The maximum Gasteiger partial charge on any atom is 0.118 e. The average Bonchev–Trinajstić information content (AvgIpc) is 2.63. The van der Waals surface area contributed by atoms with Gasteiger partial charge in [-0.1, -0.05) is 19.1 Å². The Hall–Kier alpha value is -1.06. The van der Waals surface area contributed by atoms with Gasteiger partial charge in [-0.15, -0.1) is 0 Å². The molecule has 1 heterocycles. The summed E-state index contributed by atoms with van der Waals surface area (Å²) in [6, 6.07) is 9.05. The monoisotopic (exact) mass is 291 g/mol. The van der Waals surface area contributed by atoms with E-state index >= 15 is 0 Å². The fraction of sp³-hybridized carbons (Fsp3) is 0.667. The number of nitrogens with one attached hydrogen (secondary N) is 1. The van der Waals surface area contributed by atoms with Crippen LogP contribution < -0.4 is 10.1 Å². The zero-order valence-electron chi connectivity index (χ0n) is 14.2. The summed E-state index contributed by atoms with van der Waals surface area (Å²) >= 11 is 0. The normalized spacial score (nSPS) is 24.8. The van der Waals surface area contributed by atoms with Gasteiger partial charge in [0.05, 0.1) is 18.3 Å². The summed E-state index contributed by atoms with van der Waals surface area (Å²) in [5, 5.41) is 3.80. The first kappa shape index (κ1) is 16.3. The molecule has 2 unspecified atom stereocenters. The lowest BCUT2D eigenvalue weighted by atomic mass is 9.92. The summed E-state index contributed by atoms with van der Waals surface area (Å²) in [5.41, 5.74) is 1.11. The molecule has 0 aliphatic carbocycles. The van der Waals surface area contributed by atoms with E-state index in [-0.39, 0.29) is 11.2 Å². The van der Waals surface area contributed by atoms with Gasteiger partial charge in [0.1, 0.15) is 5.75 Å². The van der Waals surface area contributed by atoms with Gasteiger partial charge in [-0.25, -0.2) is 0 Å². The van der Waals surface area contributed by atoms with E-state index < -0.39 is 0 Å². The first-order valence-electron chi connectivity index (χ1n) is 7.87. The van der Waals surface area contributed by atoms with Crippen LogP contribution in [0.1, 0.15) is 59.1 Å². The molecule has 2 atom stereocenters. The highest BCUT2D eigenvalue weighted by Gasteiger charge is 2.46. The van der Waals surface area contributed by atoms with Gasteiger partial charge >= 0.3 is 0 Å². The Morgan fingerprint density at radius 2 is 1.86 bits per heavy atom. The van der Waals surface area contributed by atoms with Gasteiger partial charge in [0.2, 0.25) is 0 Å². The van der Waals surface area contributed by atoms with Crippen molar-refractivity contribution in [2.45, 2.75) is 70.7 Å². The van der Waals surface area contributed by atoms with Gasteiger partial charge in [-0.3, -0.25) is 0 Å². The fourth-order valence-corrected chi connectivity index (χ4v) is 3.35. The van der Waals surface area contributed by atoms with Crippen molar-refractivity contribution in [2.24, 2.45) is 0 Å². The molecule has 2 rings (SSSR count). The highest BCUT2D eigenvalue weighted by Crippen LogP contribution is 2.38. The maximum atomic E-state index is 6.18. The zero-order valence-corrected chi connectivity index (χ0v) is 14.2. The number of methoxy groups -OCH3 is 1. The molecule has 21 heavy (non-hydrogen) atoms. The molecule has 1 fully saturated rings. The number of hydrogen-bond acceptors (Lipinski definition) is 3. The van der Waals surface area contributed by atoms with E-state index in [1.165, 1.54) is 5.56 Å². The second-order valence-corrected chi connectivity index (χ2v) is 7.12. The molecule has 1 saturated heterocycles. The highest BCUT2D eigenvalue weighted by atomic mass is 16.5. The molecule has 0 bridgehead atoms. The molecule has 1 aliphatic rings. The van der Waals surface area contributed by atoms with Gasteiger partial charge in [-0.05, 0) is 58.2 Å². The Labute approximate surface area is 129 Å².